The Hall–Kier alpha value is -2.21. The summed E-state index contributed by atoms with van der Waals surface area (Å²) in [6.45, 7) is -0.0982. The number of amides is 1. The lowest BCUT2D eigenvalue weighted by Crippen LogP contribution is -2.29. The summed E-state index contributed by atoms with van der Waals surface area (Å²) >= 11 is 1.32. The van der Waals surface area contributed by atoms with E-state index in [1.54, 1.807) is 17.5 Å². The molecule has 1 amide bonds. The number of methoxy groups -OCH3 is 1. The molecule has 0 fully saturated rings. The SMILES string of the molecule is COc1cc(C(=O)NCC(=O)c2cccs2)ccc1F. The van der Waals surface area contributed by atoms with Crippen molar-refractivity contribution in [3.8, 4) is 5.75 Å². The van der Waals surface area contributed by atoms with Crippen molar-refractivity contribution in [2.75, 3.05) is 13.7 Å². The molecule has 0 aliphatic carbocycles. The van der Waals surface area contributed by atoms with Crippen LogP contribution in [0.15, 0.2) is 35.7 Å². The zero-order valence-electron chi connectivity index (χ0n) is 10.7. The molecule has 1 aromatic carbocycles. The standard InChI is InChI=1S/C14H12FNO3S/c1-19-12-7-9(4-5-10(12)15)14(18)16-8-11(17)13-3-2-6-20-13/h2-7H,8H2,1H3,(H,16,18). The van der Waals surface area contributed by atoms with Gasteiger partial charge < -0.3 is 10.1 Å². The Morgan fingerprint density at radius 2 is 2.15 bits per heavy atom. The van der Waals surface area contributed by atoms with Gasteiger partial charge in [-0.05, 0) is 29.6 Å². The fourth-order valence-electron chi connectivity index (χ4n) is 1.59. The van der Waals surface area contributed by atoms with Gasteiger partial charge in [0.25, 0.3) is 5.91 Å². The zero-order valence-corrected chi connectivity index (χ0v) is 11.5. The summed E-state index contributed by atoms with van der Waals surface area (Å²) in [4.78, 5) is 24.2. The molecule has 2 aromatic rings. The second-order valence-corrected chi connectivity index (χ2v) is 4.88. The largest absolute Gasteiger partial charge is 0.494 e. The van der Waals surface area contributed by atoms with E-state index < -0.39 is 11.7 Å². The number of ether oxygens (including phenoxy) is 1. The van der Waals surface area contributed by atoms with E-state index in [0.29, 0.717) is 4.88 Å². The fraction of sp³-hybridized carbons (Fsp3) is 0.143. The molecule has 20 heavy (non-hydrogen) atoms. The molecule has 1 aromatic heterocycles. The van der Waals surface area contributed by atoms with E-state index in [4.69, 9.17) is 4.74 Å². The third kappa shape index (κ3) is 3.21. The number of halogens is 1. The summed E-state index contributed by atoms with van der Waals surface area (Å²) in [7, 11) is 1.32. The van der Waals surface area contributed by atoms with Gasteiger partial charge in [-0.3, -0.25) is 9.59 Å². The predicted octanol–water partition coefficient (Wildman–Crippen LogP) is 2.51. The maximum atomic E-state index is 13.2. The van der Waals surface area contributed by atoms with Gasteiger partial charge in [0, 0.05) is 5.56 Å². The van der Waals surface area contributed by atoms with Crippen molar-refractivity contribution in [2.24, 2.45) is 0 Å². The number of carbonyl (C=O) groups is 2. The quantitative estimate of drug-likeness (QED) is 0.862. The number of Topliss-reactive ketones (excluding diaryl/α,β-unsaturated/α-hetero) is 1. The monoisotopic (exact) mass is 293 g/mol. The highest BCUT2D eigenvalue weighted by atomic mass is 32.1. The second-order valence-electron chi connectivity index (χ2n) is 3.93. The topological polar surface area (TPSA) is 55.4 Å². The lowest BCUT2D eigenvalue weighted by molar-refractivity contribution is 0.0905. The minimum atomic E-state index is -0.543. The average molecular weight is 293 g/mol. The van der Waals surface area contributed by atoms with Gasteiger partial charge in [0.15, 0.2) is 17.3 Å². The first kappa shape index (κ1) is 14.2. The number of carbonyl (C=O) groups excluding carboxylic acids is 2. The van der Waals surface area contributed by atoms with Crippen LogP contribution in [0, 0.1) is 5.82 Å². The molecule has 4 nitrogen and oxygen atoms in total. The van der Waals surface area contributed by atoms with Gasteiger partial charge in [0.2, 0.25) is 0 Å². The van der Waals surface area contributed by atoms with Gasteiger partial charge >= 0.3 is 0 Å². The number of ketones is 1. The molecule has 0 saturated carbocycles. The van der Waals surface area contributed by atoms with Crippen molar-refractivity contribution in [1.82, 2.24) is 5.32 Å². The smallest absolute Gasteiger partial charge is 0.251 e. The molecule has 104 valence electrons. The maximum absolute atomic E-state index is 13.2. The van der Waals surface area contributed by atoms with Gasteiger partial charge in [-0.25, -0.2) is 4.39 Å². The summed E-state index contributed by atoms with van der Waals surface area (Å²) in [5.41, 5.74) is 0.238. The number of nitrogens with one attached hydrogen (secondary N) is 1. The number of hydrogen-bond acceptors (Lipinski definition) is 4. The minimum Gasteiger partial charge on any atom is -0.494 e. The molecule has 0 saturated heterocycles. The van der Waals surface area contributed by atoms with Crippen LogP contribution < -0.4 is 10.1 Å². The molecule has 1 N–H and O–H groups in total. The van der Waals surface area contributed by atoms with E-state index in [-0.39, 0.29) is 23.6 Å². The number of rotatable bonds is 5. The van der Waals surface area contributed by atoms with E-state index >= 15 is 0 Å². The van der Waals surface area contributed by atoms with Crippen LogP contribution in [-0.4, -0.2) is 25.3 Å². The molecule has 0 radical (unpaired) electrons. The van der Waals surface area contributed by atoms with E-state index in [1.807, 2.05) is 0 Å². The van der Waals surface area contributed by atoms with Crippen molar-refractivity contribution in [3.63, 3.8) is 0 Å². The van der Waals surface area contributed by atoms with Crippen LogP contribution in [0.5, 0.6) is 5.75 Å². The molecule has 0 spiro atoms. The normalized spacial score (nSPS) is 10.1. The van der Waals surface area contributed by atoms with Crippen LogP contribution >= 0.6 is 11.3 Å². The van der Waals surface area contributed by atoms with Crippen molar-refractivity contribution >= 4 is 23.0 Å². The summed E-state index contributed by atoms with van der Waals surface area (Å²) < 4.78 is 18.0. The molecule has 0 atom stereocenters. The first-order valence-electron chi connectivity index (χ1n) is 5.80. The molecule has 0 bridgehead atoms. The van der Waals surface area contributed by atoms with Gasteiger partial charge in [-0.15, -0.1) is 11.3 Å². The molecular weight excluding hydrogens is 281 g/mol. The second kappa shape index (κ2) is 6.29. The van der Waals surface area contributed by atoms with E-state index in [2.05, 4.69) is 5.32 Å². The van der Waals surface area contributed by atoms with Crippen molar-refractivity contribution in [2.45, 2.75) is 0 Å². The van der Waals surface area contributed by atoms with Gasteiger partial charge in [0.1, 0.15) is 0 Å². The third-order valence-electron chi connectivity index (χ3n) is 2.62. The van der Waals surface area contributed by atoms with E-state index in [1.165, 1.54) is 30.6 Å². The lowest BCUT2D eigenvalue weighted by atomic mass is 10.2. The Morgan fingerprint density at radius 3 is 2.80 bits per heavy atom. The molecule has 0 aliphatic heterocycles. The molecule has 0 unspecified atom stereocenters. The first-order chi connectivity index (χ1) is 9.61. The summed E-state index contributed by atoms with van der Waals surface area (Å²) in [5.74, 6) is -1.17. The van der Waals surface area contributed by atoms with E-state index in [9.17, 15) is 14.0 Å². The summed E-state index contributed by atoms with van der Waals surface area (Å²) in [6.07, 6.45) is 0. The minimum absolute atomic E-state index is 0.0118. The molecular formula is C14H12FNO3S. The van der Waals surface area contributed by atoms with Gasteiger partial charge in [0.05, 0.1) is 18.5 Å². The Balaban J connectivity index is 2.00. The predicted molar refractivity (Wildman–Crippen MR) is 73.9 cm³/mol. The number of benzene rings is 1. The van der Waals surface area contributed by atoms with Crippen LogP contribution in [0.3, 0.4) is 0 Å². The van der Waals surface area contributed by atoms with Gasteiger partial charge in [-0.1, -0.05) is 6.07 Å². The van der Waals surface area contributed by atoms with Crippen molar-refractivity contribution in [3.05, 3.63) is 52.0 Å². The van der Waals surface area contributed by atoms with Crippen molar-refractivity contribution < 1.29 is 18.7 Å². The highest BCUT2D eigenvalue weighted by molar-refractivity contribution is 7.12. The van der Waals surface area contributed by atoms with Crippen molar-refractivity contribution in [1.29, 1.82) is 0 Å². The highest BCUT2D eigenvalue weighted by Crippen LogP contribution is 2.18. The van der Waals surface area contributed by atoms with Crippen LogP contribution in [0.2, 0.25) is 0 Å². The van der Waals surface area contributed by atoms with Crippen LogP contribution in [-0.2, 0) is 0 Å². The Kier molecular flexibility index (Phi) is 4.47. The number of hydrogen-bond donors (Lipinski definition) is 1. The van der Waals surface area contributed by atoms with Crippen LogP contribution in [0.1, 0.15) is 20.0 Å². The zero-order chi connectivity index (χ0) is 14.5. The number of thiophene rings is 1. The molecule has 0 aliphatic rings. The third-order valence-corrected chi connectivity index (χ3v) is 3.53. The first-order valence-corrected chi connectivity index (χ1v) is 6.68. The molecule has 2 rings (SSSR count). The average Bonchev–Trinajstić information content (AvgIpc) is 2.99. The molecule has 6 heteroatoms. The Labute approximate surface area is 119 Å². The van der Waals surface area contributed by atoms with Gasteiger partial charge in [-0.2, -0.15) is 0 Å². The highest BCUT2D eigenvalue weighted by Gasteiger charge is 2.12. The maximum Gasteiger partial charge on any atom is 0.251 e. The Bertz CT molecular complexity index is 625. The summed E-state index contributed by atoms with van der Waals surface area (Å²) in [5, 5.41) is 4.29. The fourth-order valence-corrected chi connectivity index (χ4v) is 2.25. The van der Waals surface area contributed by atoms with Crippen LogP contribution in [0.4, 0.5) is 4.39 Å². The Morgan fingerprint density at radius 1 is 1.35 bits per heavy atom. The summed E-state index contributed by atoms with van der Waals surface area (Å²) in [6, 6.07) is 7.24. The lowest BCUT2D eigenvalue weighted by Gasteiger charge is -2.06. The van der Waals surface area contributed by atoms with E-state index in [0.717, 1.165) is 6.07 Å². The molecule has 1 heterocycles. The van der Waals surface area contributed by atoms with Crippen LogP contribution in [0.25, 0.3) is 0 Å².